The number of thiophene rings is 1. The summed E-state index contributed by atoms with van der Waals surface area (Å²) in [6.07, 6.45) is 0.611. The SMILES string of the molecule is CCC(C(=O)O)N(C)Cc1cc(Br)c(Br)s1. The normalized spacial score (nSPS) is 13.1. The van der Waals surface area contributed by atoms with Gasteiger partial charge in [-0.3, -0.25) is 9.69 Å². The number of aliphatic carboxylic acids is 1. The van der Waals surface area contributed by atoms with Crippen LogP contribution in [0.2, 0.25) is 0 Å². The van der Waals surface area contributed by atoms with Gasteiger partial charge in [0.25, 0.3) is 0 Å². The van der Waals surface area contributed by atoms with Crippen molar-refractivity contribution in [3.63, 3.8) is 0 Å². The van der Waals surface area contributed by atoms with E-state index in [-0.39, 0.29) is 0 Å². The number of halogens is 2. The van der Waals surface area contributed by atoms with Crippen molar-refractivity contribution in [2.75, 3.05) is 7.05 Å². The first-order chi connectivity index (χ1) is 7.45. The second kappa shape index (κ2) is 6.14. The molecule has 1 rings (SSSR count). The molecule has 0 aliphatic rings. The summed E-state index contributed by atoms with van der Waals surface area (Å²) in [6.45, 7) is 2.54. The summed E-state index contributed by atoms with van der Waals surface area (Å²) in [5.74, 6) is -0.764. The second-order valence-corrected chi connectivity index (χ2v) is 6.82. The zero-order valence-electron chi connectivity index (χ0n) is 9.04. The Morgan fingerprint density at radius 1 is 1.62 bits per heavy atom. The summed E-state index contributed by atoms with van der Waals surface area (Å²) in [5, 5.41) is 9.02. The highest BCUT2D eigenvalue weighted by atomic mass is 79.9. The maximum Gasteiger partial charge on any atom is 0.320 e. The van der Waals surface area contributed by atoms with Crippen molar-refractivity contribution in [1.29, 1.82) is 0 Å². The van der Waals surface area contributed by atoms with Crippen LogP contribution in [0.25, 0.3) is 0 Å². The molecule has 6 heteroatoms. The number of carbonyl (C=O) groups is 1. The Labute approximate surface area is 116 Å². The van der Waals surface area contributed by atoms with Crippen LogP contribution in [-0.2, 0) is 11.3 Å². The Hall–Kier alpha value is 0.0900. The van der Waals surface area contributed by atoms with Gasteiger partial charge in [-0.1, -0.05) is 6.92 Å². The smallest absolute Gasteiger partial charge is 0.320 e. The number of hydrogen-bond donors (Lipinski definition) is 1. The average Bonchev–Trinajstić information content (AvgIpc) is 2.45. The van der Waals surface area contributed by atoms with Crippen LogP contribution < -0.4 is 0 Å². The molecule has 0 aromatic carbocycles. The molecule has 0 fully saturated rings. The van der Waals surface area contributed by atoms with E-state index < -0.39 is 12.0 Å². The molecule has 3 nitrogen and oxygen atoms in total. The molecule has 0 aliphatic carbocycles. The van der Waals surface area contributed by atoms with Crippen LogP contribution in [0.1, 0.15) is 18.2 Å². The lowest BCUT2D eigenvalue weighted by atomic mass is 10.2. The molecule has 0 bridgehead atoms. The van der Waals surface area contributed by atoms with E-state index in [4.69, 9.17) is 5.11 Å². The molecular weight excluding hydrogens is 358 g/mol. The molecule has 0 aliphatic heterocycles. The second-order valence-electron chi connectivity index (χ2n) is 3.51. The van der Waals surface area contributed by atoms with E-state index in [1.807, 2.05) is 24.9 Å². The number of rotatable bonds is 5. The average molecular weight is 371 g/mol. The molecule has 0 spiro atoms. The Bertz CT molecular complexity index is 361. The van der Waals surface area contributed by atoms with Gasteiger partial charge in [0.1, 0.15) is 6.04 Å². The number of carboxylic acids is 1. The molecule has 1 atom stereocenters. The van der Waals surface area contributed by atoms with E-state index in [1.54, 1.807) is 11.3 Å². The monoisotopic (exact) mass is 369 g/mol. The van der Waals surface area contributed by atoms with Crippen molar-refractivity contribution >= 4 is 49.2 Å². The van der Waals surface area contributed by atoms with E-state index in [0.29, 0.717) is 13.0 Å². The lowest BCUT2D eigenvalue weighted by molar-refractivity contribution is -0.143. The van der Waals surface area contributed by atoms with Gasteiger partial charge >= 0.3 is 5.97 Å². The van der Waals surface area contributed by atoms with Gasteiger partial charge < -0.3 is 5.11 Å². The molecule has 0 saturated carbocycles. The van der Waals surface area contributed by atoms with Crippen LogP contribution in [0.5, 0.6) is 0 Å². The summed E-state index contributed by atoms with van der Waals surface area (Å²) >= 11 is 8.46. The molecule has 1 heterocycles. The highest BCUT2D eigenvalue weighted by Crippen LogP contribution is 2.33. The van der Waals surface area contributed by atoms with Crippen LogP contribution >= 0.6 is 43.2 Å². The van der Waals surface area contributed by atoms with Crippen molar-refractivity contribution in [3.8, 4) is 0 Å². The lowest BCUT2D eigenvalue weighted by Crippen LogP contribution is -2.37. The summed E-state index contributed by atoms with van der Waals surface area (Å²) in [7, 11) is 1.84. The topological polar surface area (TPSA) is 40.5 Å². The van der Waals surface area contributed by atoms with Crippen LogP contribution in [-0.4, -0.2) is 29.1 Å². The maximum atomic E-state index is 11.0. The standard InChI is InChI=1S/C10H13Br2NO2S/c1-3-8(10(14)15)13(2)5-6-4-7(11)9(12)16-6/h4,8H,3,5H2,1-2H3,(H,14,15). The van der Waals surface area contributed by atoms with Gasteiger partial charge in [0, 0.05) is 15.9 Å². The molecule has 0 amide bonds. The molecule has 1 N–H and O–H groups in total. The van der Waals surface area contributed by atoms with Gasteiger partial charge in [0.15, 0.2) is 0 Å². The van der Waals surface area contributed by atoms with Gasteiger partial charge in [-0.2, -0.15) is 0 Å². The molecular formula is C10H13Br2NO2S. The maximum absolute atomic E-state index is 11.0. The van der Waals surface area contributed by atoms with Crippen molar-refractivity contribution < 1.29 is 9.90 Å². The minimum Gasteiger partial charge on any atom is -0.480 e. The zero-order valence-corrected chi connectivity index (χ0v) is 13.0. The summed E-state index contributed by atoms with van der Waals surface area (Å²) in [4.78, 5) is 14.0. The fraction of sp³-hybridized carbons (Fsp3) is 0.500. The number of carboxylic acid groups (broad SMARTS) is 1. The first-order valence-corrected chi connectivity index (χ1v) is 7.22. The fourth-order valence-corrected chi connectivity index (χ4v) is 3.74. The van der Waals surface area contributed by atoms with Crippen LogP contribution in [0.4, 0.5) is 0 Å². The summed E-state index contributed by atoms with van der Waals surface area (Å²) in [5.41, 5.74) is 0. The van der Waals surface area contributed by atoms with Gasteiger partial charge in [-0.25, -0.2) is 0 Å². The molecule has 0 saturated heterocycles. The number of likely N-dealkylation sites (N-methyl/N-ethyl adjacent to an activating group) is 1. The van der Waals surface area contributed by atoms with Crippen molar-refractivity contribution in [1.82, 2.24) is 4.90 Å². The third kappa shape index (κ3) is 3.55. The van der Waals surface area contributed by atoms with E-state index >= 15 is 0 Å². The molecule has 1 aromatic rings. The third-order valence-corrected chi connectivity index (χ3v) is 5.55. The summed E-state index contributed by atoms with van der Waals surface area (Å²) < 4.78 is 2.06. The quantitative estimate of drug-likeness (QED) is 0.861. The predicted octanol–water partition coefficient (Wildman–Crippen LogP) is 3.57. The van der Waals surface area contributed by atoms with Gasteiger partial charge in [-0.05, 0) is 51.4 Å². The van der Waals surface area contributed by atoms with Gasteiger partial charge in [0.05, 0.1) is 3.79 Å². The number of nitrogens with zero attached hydrogens (tertiary/aromatic N) is 1. The van der Waals surface area contributed by atoms with Crippen LogP contribution in [0.3, 0.4) is 0 Å². The fourth-order valence-electron chi connectivity index (χ4n) is 1.50. The predicted molar refractivity (Wildman–Crippen MR) is 72.9 cm³/mol. The molecule has 90 valence electrons. The minimum absolute atomic E-state index is 0.417. The Kier molecular flexibility index (Phi) is 5.43. The van der Waals surface area contributed by atoms with E-state index in [0.717, 1.165) is 13.1 Å². The van der Waals surface area contributed by atoms with Gasteiger partial charge in [-0.15, -0.1) is 11.3 Å². The van der Waals surface area contributed by atoms with E-state index in [9.17, 15) is 4.79 Å². The summed E-state index contributed by atoms with van der Waals surface area (Å²) in [6, 6.07) is 1.60. The Morgan fingerprint density at radius 2 is 2.25 bits per heavy atom. The molecule has 16 heavy (non-hydrogen) atoms. The number of hydrogen-bond acceptors (Lipinski definition) is 3. The largest absolute Gasteiger partial charge is 0.480 e. The van der Waals surface area contributed by atoms with Crippen LogP contribution in [0, 0.1) is 0 Å². The highest BCUT2D eigenvalue weighted by Gasteiger charge is 2.21. The van der Waals surface area contributed by atoms with Crippen molar-refractivity contribution in [3.05, 3.63) is 19.2 Å². The first-order valence-electron chi connectivity index (χ1n) is 4.82. The van der Waals surface area contributed by atoms with E-state index in [1.165, 1.54) is 0 Å². The molecule has 1 unspecified atom stereocenters. The van der Waals surface area contributed by atoms with Crippen molar-refractivity contribution in [2.45, 2.75) is 25.9 Å². The lowest BCUT2D eigenvalue weighted by Gasteiger charge is -2.22. The zero-order chi connectivity index (χ0) is 12.3. The van der Waals surface area contributed by atoms with Crippen molar-refractivity contribution in [2.24, 2.45) is 0 Å². The first kappa shape index (κ1) is 14.2. The Balaban J connectivity index is 2.69. The molecule has 1 aromatic heterocycles. The highest BCUT2D eigenvalue weighted by molar-refractivity contribution is 9.13. The third-order valence-electron chi connectivity index (χ3n) is 2.31. The molecule has 0 radical (unpaired) electrons. The minimum atomic E-state index is -0.764. The van der Waals surface area contributed by atoms with Crippen LogP contribution in [0.15, 0.2) is 14.3 Å². The van der Waals surface area contributed by atoms with Gasteiger partial charge in [0.2, 0.25) is 0 Å². The Morgan fingerprint density at radius 3 is 2.62 bits per heavy atom. The van der Waals surface area contributed by atoms with E-state index in [2.05, 4.69) is 31.9 Å².